The van der Waals surface area contributed by atoms with Crippen molar-refractivity contribution in [2.24, 2.45) is 0 Å². The van der Waals surface area contributed by atoms with E-state index in [4.69, 9.17) is 15.4 Å². The largest absolute Gasteiger partial charge is 0.447 e. The molecule has 5 heteroatoms. The minimum absolute atomic E-state index is 0.147. The number of furan rings is 1. The summed E-state index contributed by atoms with van der Waals surface area (Å²) in [5, 5.41) is 9.06. The van der Waals surface area contributed by atoms with Crippen LogP contribution < -0.4 is 5.73 Å². The molecule has 0 spiro atoms. The molecule has 0 aliphatic carbocycles. The summed E-state index contributed by atoms with van der Waals surface area (Å²) in [7, 11) is 0. The molecule has 0 bridgehead atoms. The lowest BCUT2D eigenvalue weighted by atomic mass is 10.0. The number of benzene rings is 1. The highest BCUT2D eigenvalue weighted by Crippen LogP contribution is 2.30. The normalized spacial score (nSPS) is 10.7. The molecule has 0 saturated carbocycles. The number of aryl methyl sites for hydroxylation is 1. The molecule has 0 atom stereocenters. The number of imidazole rings is 1. The number of aromatic nitrogens is 2. The van der Waals surface area contributed by atoms with Crippen LogP contribution in [0.2, 0.25) is 0 Å². The monoisotopic (exact) mass is 238 g/mol. The van der Waals surface area contributed by atoms with Gasteiger partial charge in [-0.3, -0.25) is 0 Å². The van der Waals surface area contributed by atoms with Crippen LogP contribution in [-0.4, -0.2) is 9.97 Å². The minimum Gasteiger partial charge on any atom is -0.447 e. The van der Waals surface area contributed by atoms with Crippen molar-refractivity contribution in [3.8, 4) is 17.2 Å². The van der Waals surface area contributed by atoms with Crippen molar-refractivity contribution in [2.75, 3.05) is 5.73 Å². The molecule has 0 fully saturated rings. The zero-order chi connectivity index (χ0) is 12.7. The number of rotatable bonds is 1. The molecule has 0 amide bonds. The van der Waals surface area contributed by atoms with Gasteiger partial charge in [-0.1, -0.05) is 6.07 Å². The third kappa shape index (κ3) is 1.44. The summed E-state index contributed by atoms with van der Waals surface area (Å²) in [6.07, 6.45) is 1.50. The SMILES string of the molecule is Cc1nc2ccc(-c3coc(N)c3C#N)cc2[nH]1. The van der Waals surface area contributed by atoms with Gasteiger partial charge in [0.1, 0.15) is 23.7 Å². The van der Waals surface area contributed by atoms with Gasteiger partial charge in [-0.05, 0) is 24.6 Å². The van der Waals surface area contributed by atoms with Gasteiger partial charge in [-0.2, -0.15) is 5.26 Å². The highest BCUT2D eigenvalue weighted by Gasteiger charge is 2.13. The summed E-state index contributed by atoms with van der Waals surface area (Å²) in [6.45, 7) is 1.90. The molecule has 2 heterocycles. The molecule has 1 aromatic carbocycles. The van der Waals surface area contributed by atoms with Gasteiger partial charge in [0.25, 0.3) is 0 Å². The van der Waals surface area contributed by atoms with E-state index in [-0.39, 0.29) is 5.88 Å². The van der Waals surface area contributed by atoms with Gasteiger partial charge in [0.15, 0.2) is 0 Å². The minimum atomic E-state index is 0.147. The highest BCUT2D eigenvalue weighted by molar-refractivity contribution is 5.84. The highest BCUT2D eigenvalue weighted by atomic mass is 16.3. The van der Waals surface area contributed by atoms with Crippen molar-refractivity contribution in [3.05, 3.63) is 35.9 Å². The molecule has 0 saturated heterocycles. The zero-order valence-corrected chi connectivity index (χ0v) is 9.69. The standard InChI is InChI=1S/C13H10N4O/c1-7-16-11-3-2-8(4-12(11)17-7)10-6-18-13(15)9(10)5-14/h2-4,6H,15H2,1H3,(H,16,17). The molecule has 2 aromatic heterocycles. The number of hydrogen-bond donors (Lipinski definition) is 2. The van der Waals surface area contributed by atoms with Gasteiger partial charge in [0, 0.05) is 5.56 Å². The molecule has 5 nitrogen and oxygen atoms in total. The van der Waals surface area contributed by atoms with Crippen molar-refractivity contribution in [1.82, 2.24) is 9.97 Å². The maximum atomic E-state index is 9.06. The van der Waals surface area contributed by atoms with E-state index in [1.807, 2.05) is 25.1 Å². The van der Waals surface area contributed by atoms with E-state index < -0.39 is 0 Å². The summed E-state index contributed by atoms with van der Waals surface area (Å²) in [4.78, 5) is 7.48. The molecule has 3 aromatic rings. The lowest BCUT2D eigenvalue weighted by molar-refractivity contribution is 0.588. The molecule has 0 aliphatic heterocycles. The quantitative estimate of drug-likeness (QED) is 0.681. The van der Waals surface area contributed by atoms with E-state index >= 15 is 0 Å². The number of nitrogens with zero attached hydrogens (tertiary/aromatic N) is 2. The van der Waals surface area contributed by atoms with E-state index in [0.717, 1.165) is 22.4 Å². The van der Waals surface area contributed by atoms with E-state index in [9.17, 15) is 0 Å². The van der Waals surface area contributed by atoms with Crippen molar-refractivity contribution in [2.45, 2.75) is 6.92 Å². The van der Waals surface area contributed by atoms with Gasteiger partial charge in [0.2, 0.25) is 5.88 Å². The first kappa shape index (κ1) is 10.4. The third-order valence-corrected chi connectivity index (χ3v) is 2.84. The Balaban J connectivity index is 2.22. The number of nitrogens with two attached hydrogens (primary N) is 1. The Morgan fingerprint density at radius 3 is 3.06 bits per heavy atom. The molecule has 0 unspecified atom stereocenters. The fourth-order valence-corrected chi connectivity index (χ4v) is 2.01. The maximum Gasteiger partial charge on any atom is 0.208 e. The van der Waals surface area contributed by atoms with E-state index in [2.05, 4.69) is 16.0 Å². The van der Waals surface area contributed by atoms with Gasteiger partial charge in [0.05, 0.1) is 11.0 Å². The van der Waals surface area contributed by atoms with Gasteiger partial charge >= 0.3 is 0 Å². The summed E-state index contributed by atoms with van der Waals surface area (Å²) in [6, 6.07) is 7.78. The number of hydrogen-bond acceptors (Lipinski definition) is 4. The Bertz CT molecular complexity index is 776. The van der Waals surface area contributed by atoms with Crippen LogP contribution in [0.1, 0.15) is 11.4 Å². The Kier molecular flexibility index (Phi) is 2.10. The molecular formula is C13H10N4O. The van der Waals surface area contributed by atoms with Crippen molar-refractivity contribution in [3.63, 3.8) is 0 Å². The second-order valence-corrected chi connectivity index (χ2v) is 4.05. The average molecular weight is 238 g/mol. The molecule has 3 rings (SSSR count). The fourth-order valence-electron chi connectivity index (χ4n) is 2.01. The van der Waals surface area contributed by atoms with E-state index in [1.165, 1.54) is 6.26 Å². The van der Waals surface area contributed by atoms with Crippen molar-refractivity contribution >= 4 is 16.9 Å². The predicted molar refractivity (Wildman–Crippen MR) is 67.7 cm³/mol. The second-order valence-electron chi connectivity index (χ2n) is 4.05. The van der Waals surface area contributed by atoms with Crippen LogP contribution in [0, 0.1) is 18.3 Å². The maximum absolute atomic E-state index is 9.06. The van der Waals surface area contributed by atoms with Crippen LogP contribution >= 0.6 is 0 Å². The first-order chi connectivity index (χ1) is 8.69. The van der Waals surface area contributed by atoms with Gasteiger partial charge in [-0.25, -0.2) is 4.98 Å². The number of nitrogens with one attached hydrogen (secondary N) is 1. The summed E-state index contributed by atoms with van der Waals surface area (Å²) >= 11 is 0. The number of fused-ring (bicyclic) bond motifs is 1. The summed E-state index contributed by atoms with van der Waals surface area (Å²) in [5.41, 5.74) is 9.36. The Hall–Kier alpha value is -2.74. The third-order valence-electron chi connectivity index (χ3n) is 2.84. The van der Waals surface area contributed by atoms with Crippen LogP contribution in [0.15, 0.2) is 28.9 Å². The summed E-state index contributed by atoms with van der Waals surface area (Å²) in [5.74, 6) is 1.00. The predicted octanol–water partition coefficient (Wildman–Crippen LogP) is 2.59. The Morgan fingerprint density at radius 1 is 1.44 bits per heavy atom. The van der Waals surface area contributed by atoms with Crippen molar-refractivity contribution in [1.29, 1.82) is 5.26 Å². The van der Waals surface area contributed by atoms with E-state index in [1.54, 1.807) is 0 Å². The lowest BCUT2D eigenvalue weighted by Crippen LogP contribution is -1.86. The van der Waals surface area contributed by atoms with E-state index in [0.29, 0.717) is 11.1 Å². The van der Waals surface area contributed by atoms with Crippen LogP contribution in [0.5, 0.6) is 0 Å². The molecule has 88 valence electrons. The number of nitrogen functional groups attached to an aromatic ring is 1. The molecule has 18 heavy (non-hydrogen) atoms. The first-order valence-electron chi connectivity index (χ1n) is 5.43. The number of anilines is 1. The van der Waals surface area contributed by atoms with Crippen LogP contribution in [0.3, 0.4) is 0 Å². The molecular weight excluding hydrogens is 228 g/mol. The number of aromatic amines is 1. The second kappa shape index (κ2) is 3.64. The Labute approximate surface area is 103 Å². The van der Waals surface area contributed by atoms with Gasteiger partial charge in [-0.15, -0.1) is 0 Å². The van der Waals surface area contributed by atoms with Crippen LogP contribution in [0.4, 0.5) is 5.88 Å². The summed E-state index contributed by atoms with van der Waals surface area (Å²) < 4.78 is 5.09. The lowest BCUT2D eigenvalue weighted by Gasteiger charge is -1.97. The van der Waals surface area contributed by atoms with Crippen LogP contribution in [0.25, 0.3) is 22.2 Å². The molecule has 3 N–H and O–H groups in total. The average Bonchev–Trinajstić information content (AvgIpc) is 2.89. The number of H-pyrrole nitrogens is 1. The zero-order valence-electron chi connectivity index (χ0n) is 9.69. The van der Waals surface area contributed by atoms with Crippen molar-refractivity contribution < 1.29 is 4.42 Å². The first-order valence-corrected chi connectivity index (χ1v) is 5.43. The smallest absolute Gasteiger partial charge is 0.208 e. The topological polar surface area (TPSA) is 91.6 Å². The molecule has 0 aliphatic rings. The Morgan fingerprint density at radius 2 is 2.28 bits per heavy atom. The van der Waals surface area contributed by atoms with Gasteiger partial charge < -0.3 is 15.1 Å². The number of nitriles is 1. The molecule has 0 radical (unpaired) electrons. The fraction of sp³-hybridized carbons (Fsp3) is 0.0769. The van der Waals surface area contributed by atoms with Crippen LogP contribution in [-0.2, 0) is 0 Å².